The second-order valence-electron chi connectivity index (χ2n) is 4.08. The average Bonchev–Trinajstić information content (AvgIpc) is 2.53. The van der Waals surface area contributed by atoms with E-state index in [0.717, 1.165) is 11.1 Å². The topological polar surface area (TPSA) is 0 Å². The van der Waals surface area contributed by atoms with Crippen LogP contribution in [0.4, 0.5) is 8.78 Å². The summed E-state index contributed by atoms with van der Waals surface area (Å²) in [5.41, 5.74) is 0.958. The van der Waals surface area contributed by atoms with Crippen molar-refractivity contribution in [2.45, 2.75) is 31.6 Å². The van der Waals surface area contributed by atoms with Crippen molar-refractivity contribution in [3.63, 3.8) is 0 Å². The van der Waals surface area contributed by atoms with Gasteiger partial charge in [0, 0.05) is 6.42 Å². The van der Waals surface area contributed by atoms with Gasteiger partial charge in [-0.25, -0.2) is 8.78 Å². The molecule has 0 aliphatic heterocycles. The first-order chi connectivity index (χ1) is 5.96. The van der Waals surface area contributed by atoms with Gasteiger partial charge < -0.3 is 0 Å². The summed E-state index contributed by atoms with van der Waals surface area (Å²) in [5.74, 6) is -2.50. The summed E-state index contributed by atoms with van der Waals surface area (Å²) < 4.78 is 25.9. The van der Waals surface area contributed by atoms with Gasteiger partial charge >= 0.3 is 0 Å². The number of hydrogen-bond donors (Lipinski definition) is 0. The molecule has 2 heteroatoms. The van der Waals surface area contributed by atoms with Crippen LogP contribution in [0.3, 0.4) is 0 Å². The van der Waals surface area contributed by atoms with Crippen molar-refractivity contribution in [3.8, 4) is 0 Å². The van der Waals surface area contributed by atoms with Gasteiger partial charge in [-0.15, -0.1) is 0 Å². The molecule has 0 radical (unpaired) electrons. The molecule has 1 aliphatic carbocycles. The van der Waals surface area contributed by atoms with Crippen molar-refractivity contribution < 1.29 is 8.78 Å². The van der Waals surface area contributed by atoms with Gasteiger partial charge in [-0.1, -0.05) is 29.8 Å². The molecule has 1 saturated carbocycles. The van der Waals surface area contributed by atoms with Crippen LogP contribution in [0.15, 0.2) is 24.3 Å². The Bertz CT molecular complexity index is 326. The molecule has 1 aromatic rings. The molecule has 0 nitrogen and oxygen atoms in total. The van der Waals surface area contributed by atoms with Gasteiger partial charge in [0.15, 0.2) is 0 Å². The zero-order valence-electron chi connectivity index (χ0n) is 7.77. The summed E-state index contributed by atoms with van der Waals surface area (Å²) in [5, 5.41) is 0. The summed E-state index contributed by atoms with van der Waals surface area (Å²) in [6.45, 7) is 3.58. The second-order valence-corrected chi connectivity index (χ2v) is 4.08. The van der Waals surface area contributed by atoms with Gasteiger partial charge in [-0.2, -0.15) is 0 Å². The summed E-state index contributed by atoms with van der Waals surface area (Å²) in [4.78, 5) is 0. The van der Waals surface area contributed by atoms with E-state index in [1.54, 1.807) is 19.1 Å². The lowest BCUT2D eigenvalue weighted by Gasteiger charge is -2.10. The van der Waals surface area contributed by atoms with Crippen LogP contribution in [0.2, 0.25) is 0 Å². The van der Waals surface area contributed by atoms with Gasteiger partial charge in [0.05, 0.1) is 5.41 Å². The van der Waals surface area contributed by atoms with Crippen LogP contribution in [0.1, 0.15) is 24.5 Å². The third-order valence-electron chi connectivity index (χ3n) is 2.95. The first kappa shape index (κ1) is 8.67. The van der Waals surface area contributed by atoms with Crippen molar-refractivity contribution in [1.29, 1.82) is 0 Å². The minimum Gasteiger partial charge on any atom is -0.206 e. The largest absolute Gasteiger partial charge is 0.258 e. The third-order valence-corrected chi connectivity index (χ3v) is 2.95. The summed E-state index contributed by atoms with van der Waals surface area (Å²) >= 11 is 0. The highest BCUT2D eigenvalue weighted by atomic mass is 19.3. The Morgan fingerprint density at radius 3 is 2.00 bits per heavy atom. The van der Waals surface area contributed by atoms with Gasteiger partial charge in [0.25, 0.3) is 5.92 Å². The standard InChI is InChI=1S/C11H12F2/c1-8-3-5-9(6-4-8)10(2)7-11(10,12)13/h3-6H,7H2,1-2H3. The van der Waals surface area contributed by atoms with E-state index in [2.05, 4.69) is 0 Å². The van der Waals surface area contributed by atoms with E-state index >= 15 is 0 Å². The molecule has 0 N–H and O–H groups in total. The third kappa shape index (κ3) is 1.16. The number of rotatable bonds is 1. The SMILES string of the molecule is Cc1ccc(C2(C)CC2(F)F)cc1. The quantitative estimate of drug-likeness (QED) is 0.625. The van der Waals surface area contributed by atoms with Crippen molar-refractivity contribution >= 4 is 0 Å². The molecule has 13 heavy (non-hydrogen) atoms. The lowest BCUT2D eigenvalue weighted by molar-refractivity contribution is 0.0920. The Labute approximate surface area is 76.6 Å². The Hall–Kier alpha value is -0.920. The van der Waals surface area contributed by atoms with E-state index in [9.17, 15) is 8.78 Å². The molecule has 0 heterocycles. The molecule has 0 aromatic heterocycles. The Balaban J connectivity index is 2.34. The first-order valence-electron chi connectivity index (χ1n) is 4.41. The number of halogens is 2. The molecule has 1 aliphatic rings. The second kappa shape index (κ2) is 2.31. The summed E-state index contributed by atoms with van der Waals surface area (Å²) in [6, 6.07) is 7.37. The average molecular weight is 182 g/mol. The highest BCUT2D eigenvalue weighted by Gasteiger charge is 2.68. The molecule has 1 unspecified atom stereocenters. The molecule has 1 fully saturated rings. The van der Waals surface area contributed by atoms with E-state index in [-0.39, 0.29) is 6.42 Å². The molecular formula is C11H12F2. The Morgan fingerprint density at radius 1 is 1.15 bits per heavy atom. The number of alkyl halides is 2. The van der Waals surface area contributed by atoms with Crippen LogP contribution in [0.5, 0.6) is 0 Å². The number of hydrogen-bond acceptors (Lipinski definition) is 0. The van der Waals surface area contributed by atoms with Gasteiger partial charge in [0.2, 0.25) is 0 Å². The van der Waals surface area contributed by atoms with Crippen molar-refractivity contribution in [2.24, 2.45) is 0 Å². The van der Waals surface area contributed by atoms with E-state index in [0.29, 0.717) is 0 Å². The van der Waals surface area contributed by atoms with E-state index in [1.807, 2.05) is 19.1 Å². The molecule has 1 aromatic carbocycles. The molecule has 70 valence electrons. The van der Waals surface area contributed by atoms with Crippen LogP contribution in [-0.4, -0.2) is 5.92 Å². The lowest BCUT2D eigenvalue weighted by Crippen LogP contribution is -2.11. The maximum Gasteiger partial charge on any atom is 0.258 e. The molecule has 0 spiro atoms. The smallest absolute Gasteiger partial charge is 0.206 e. The molecule has 0 bridgehead atoms. The highest BCUT2D eigenvalue weighted by Crippen LogP contribution is 2.61. The van der Waals surface area contributed by atoms with Crippen molar-refractivity contribution in [2.75, 3.05) is 0 Å². The lowest BCUT2D eigenvalue weighted by atomic mass is 9.97. The maximum absolute atomic E-state index is 13.0. The molecular weight excluding hydrogens is 170 g/mol. The fourth-order valence-corrected chi connectivity index (χ4v) is 1.63. The molecule has 0 saturated heterocycles. The highest BCUT2D eigenvalue weighted by molar-refractivity contribution is 5.37. The Morgan fingerprint density at radius 2 is 1.62 bits per heavy atom. The zero-order valence-corrected chi connectivity index (χ0v) is 7.77. The van der Waals surface area contributed by atoms with E-state index in [1.165, 1.54) is 0 Å². The first-order valence-corrected chi connectivity index (χ1v) is 4.41. The zero-order chi connectivity index (χ0) is 9.69. The van der Waals surface area contributed by atoms with Crippen LogP contribution in [0.25, 0.3) is 0 Å². The monoisotopic (exact) mass is 182 g/mol. The number of benzene rings is 1. The minimum absolute atomic E-state index is 0.0109. The molecule has 1 atom stereocenters. The van der Waals surface area contributed by atoms with Gasteiger partial charge in [-0.3, -0.25) is 0 Å². The fourth-order valence-electron chi connectivity index (χ4n) is 1.63. The van der Waals surface area contributed by atoms with Crippen molar-refractivity contribution in [3.05, 3.63) is 35.4 Å². The van der Waals surface area contributed by atoms with Crippen LogP contribution in [-0.2, 0) is 5.41 Å². The fraction of sp³-hybridized carbons (Fsp3) is 0.455. The Kier molecular flexibility index (Phi) is 1.54. The predicted molar refractivity (Wildman–Crippen MR) is 48.1 cm³/mol. The van der Waals surface area contributed by atoms with Gasteiger partial charge in [0.1, 0.15) is 0 Å². The number of aryl methyl sites for hydroxylation is 1. The van der Waals surface area contributed by atoms with Crippen molar-refractivity contribution in [1.82, 2.24) is 0 Å². The summed E-state index contributed by atoms with van der Waals surface area (Å²) in [7, 11) is 0. The van der Waals surface area contributed by atoms with Crippen LogP contribution < -0.4 is 0 Å². The molecule has 2 rings (SSSR count). The maximum atomic E-state index is 13.0. The summed E-state index contributed by atoms with van der Waals surface area (Å²) in [6.07, 6.45) is -0.0109. The normalized spacial score (nSPS) is 30.2. The van der Waals surface area contributed by atoms with Gasteiger partial charge in [-0.05, 0) is 19.4 Å². The van der Waals surface area contributed by atoms with Crippen LogP contribution in [0, 0.1) is 6.92 Å². The minimum atomic E-state index is -2.50. The van der Waals surface area contributed by atoms with E-state index in [4.69, 9.17) is 0 Å². The van der Waals surface area contributed by atoms with Crippen LogP contribution >= 0.6 is 0 Å². The predicted octanol–water partition coefficient (Wildman–Crippen LogP) is 3.29. The molecule has 0 amide bonds. The van der Waals surface area contributed by atoms with E-state index < -0.39 is 11.3 Å².